The van der Waals surface area contributed by atoms with Gasteiger partial charge in [0.05, 0.1) is 21.7 Å². The molecule has 2 aromatic heterocycles. The number of amides is 1. The number of carbonyl (C=O) groups excluding carboxylic acids is 1. The molecule has 4 aromatic rings. The molecule has 1 saturated heterocycles. The quantitative estimate of drug-likeness (QED) is 0.487. The standard InChI is InChI=1S/C24H23FN4OS/c1-15-22(31-21(26-15)13-16-8-10-18(25)11-9-16)24(30)29-12-4-5-17(14-29)23-27-19-6-2-3-7-20(19)28-23/h2-3,6-11,17H,4-5,12-14H2,1H3,(H,27,28). The highest BCUT2D eigenvalue weighted by Crippen LogP contribution is 2.29. The summed E-state index contributed by atoms with van der Waals surface area (Å²) in [5.74, 6) is 0.953. The molecular weight excluding hydrogens is 411 g/mol. The second kappa shape index (κ2) is 8.23. The maximum absolute atomic E-state index is 13.3. The van der Waals surface area contributed by atoms with Gasteiger partial charge in [0.25, 0.3) is 5.91 Å². The van der Waals surface area contributed by atoms with Crippen molar-refractivity contribution in [1.29, 1.82) is 0 Å². The predicted octanol–water partition coefficient (Wildman–Crippen LogP) is 5.08. The summed E-state index contributed by atoms with van der Waals surface area (Å²) in [6.45, 7) is 3.29. The summed E-state index contributed by atoms with van der Waals surface area (Å²) < 4.78 is 13.2. The molecule has 5 rings (SSSR count). The van der Waals surface area contributed by atoms with E-state index in [2.05, 4.69) is 9.97 Å². The van der Waals surface area contributed by atoms with Crippen molar-refractivity contribution < 1.29 is 9.18 Å². The number of aromatic nitrogens is 3. The van der Waals surface area contributed by atoms with Crippen molar-refractivity contribution in [3.8, 4) is 0 Å². The Morgan fingerprint density at radius 2 is 2.00 bits per heavy atom. The normalized spacial score (nSPS) is 16.7. The van der Waals surface area contributed by atoms with Gasteiger partial charge in [-0.25, -0.2) is 14.4 Å². The largest absolute Gasteiger partial charge is 0.342 e. The van der Waals surface area contributed by atoms with Crippen LogP contribution in [0, 0.1) is 12.7 Å². The summed E-state index contributed by atoms with van der Waals surface area (Å²) in [5, 5.41) is 0.873. The predicted molar refractivity (Wildman–Crippen MR) is 120 cm³/mol. The van der Waals surface area contributed by atoms with Gasteiger partial charge in [-0.2, -0.15) is 0 Å². The number of hydrogen-bond acceptors (Lipinski definition) is 4. The first-order chi connectivity index (χ1) is 15.1. The molecule has 0 saturated carbocycles. The van der Waals surface area contributed by atoms with Crippen molar-refractivity contribution in [2.24, 2.45) is 0 Å². The monoisotopic (exact) mass is 434 g/mol. The molecule has 158 valence electrons. The van der Waals surface area contributed by atoms with Crippen molar-refractivity contribution in [3.05, 3.63) is 81.3 Å². The second-order valence-corrected chi connectivity index (χ2v) is 9.14. The summed E-state index contributed by atoms with van der Waals surface area (Å²) in [6, 6.07) is 14.4. The Bertz CT molecular complexity index is 1200. The Morgan fingerprint density at radius 3 is 2.81 bits per heavy atom. The first kappa shape index (κ1) is 19.9. The molecule has 0 bridgehead atoms. The van der Waals surface area contributed by atoms with Crippen molar-refractivity contribution >= 4 is 28.3 Å². The fourth-order valence-electron chi connectivity index (χ4n) is 4.20. The molecule has 0 aliphatic carbocycles. The minimum absolute atomic E-state index is 0.0427. The van der Waals surface area contributed by atoms with Gasteiger partial charge in [-0.05, 0) is 49.6 Å². The Balaban J connectivity index is 1.32. The van der Waals surface area contributed by atoms with Crippen LogP contribution >= 0.6 is 11.3 Å². The molecule has 1 atom stereocenters. The van der Waals surface area contributed by atoms with Gasteiger partial charge >= 0.3 is 0 Å². The molecule has 31 heavy (non-hydrogen) atoms. The van der Waals surface area contributed by atoms with Crippen molar-refractivity contribution in [1.82, 2.24) is 19.9 Å². The molecule has 0 radical (unpaired) electrons. The molecule has 1 aliphatic heterocycles. The number of rotatable bonds is 4. The van der Waals surface area contributed by atoms with E-state index in [1.54, 1.807) is 12.1 Å². The van der Waals surface area contributed by atoms with Gasteiger partial charge in [0.1, 0.15) is 16.5 Å². The van der Waals surface area contributed by atoms with Crippen molar-refractivity contribution in [2.45, 2.75) is 32.1 Å². The zero-order valence-electron chi connectivity index (χ0n) is 17.3. The van der Waals surface area contributed by atoms with Crippen LogP contribution in [-0.4, -0.2) is 38.8 Å². The minimum Gasteiger partial charge on any atom is -0.342 e. The van der Waals surface area contributed by atoms with Crippen LogP contribution in [-0.2, 0) is 6.42 Å². The number of aryl methyl sites for hydroxylation is 1. The van der Waals surface area contributed by atoms with Crippen LogP contribution in [0.2, 0.25) is 0 Å². The number of thiazole rings is 1. The highest BCUT2D eigenvalue weighted by Gasteiger charge is 2.29. The number of hydrogen-bond donors (Lipinski definition) is 1. The summed E-state index contributed by atoms with van der Waals surface area (Å²) in [7, 11) is 0. The Labute approximate surface area is 184 Å². The number of fused-ring (bicyclic) bond motifs is 1. The second-order valence-electron chi connectivity index (χ2n) is 8.05. The molecule has 1 aliphatic rings. The Kier molecular flexibility index (Phi) is 5.28. The Hall–Kier alpha value is -3.06. The highest BCUT2D eigenvalue weighted by atomic mass is 32.1. The van der Waals surface area contributed by atoms with Crippen LogP contribution in [0.15, 0.2) is 48.5 Å². The number of nitrogens with zero attached hydrogens (tertiary/aromatic N) is 3. The molecule has 3 heterocycles. The van der Waals surface area contributed by atoms with Crippen LogP contribution in [0.4, 0.5) is 4.39 Å². The van der Waals surface area contributed by atoms with E-state index in [4.69, 9.17) is 4.98 Å². The summed E-state index contributed by atoms with van der Waals surface area (Å²) in [5.41, 5.74) is 3.74. The smallest absolute Gasteiger partial charge is 0.265 e. The molecule has 1 unspecified atom stereocenters. The van der Waals surface area contributed by atoms with Crippen LogP contribution < -0.4 is 0 Å². The fourth-order valence-corrected chi connectivity index (χ4v) is 5.26. The highest BCUT2D eigenvalue weighted by molar-refractivity contribution is 7.13. The lowest BCUT2D eigenvalue weighted by atomic mass is 9.97. The molecule has 1 N–H and O–H groups in total. The molecular formula is C24H23FN4OS. The fraction of sp³-hybridized carbons (Fsp3) is 0.292. The maximum Gasteiger partial charge on any atom is 0.265 e. The van der Waals surface area contributed by atoms with E-state index in [1.807, 2.05) is 36.1 Å². The number of nitrogens with one attached hydrogen (secondary N) is 1. The topological polar surface area (TPSA) is 61.9 Å². The first-order valence-corrected chi connectivity index (χ1v) is 11.3. The number of carbonyl (C=O) groups is 1. The van der Waals surface area contributed by atoms with Crippen molar-refractivity contribution in [3.63, 3.8) is 0 Å². The number of aromatic amines is 1. The molecule has 1 fully saturated rings. The van der Waals surface area contributed by atoms with Crippen LogP contribution in [0.5, 0.6) is 0 Å². The van der Waals surface area contributed by atoms with E-state index in [-0.39, 0.29) is 17.6 Å². The van der Waals surface area contributed by atoms with E-state index in [0.29, 0.717) is 17.8 Å². The van der Waals surface area contributed by atoms with Gasteiger partial charge in [0, 0.05) is 25.4 Å². The third kappa shape index (κ3) is 4.10. The van der Waals surface area contributed by atoms with Crippen molar-refractivity contribution in [2.75, 3.05) is 13.1 Å². The molecule has 7 heteroatoms. The molecule has 1 amide bonds. The number of piperidine rings is 1. The SMILES string of the molecule is Cc1nc(Cc2ccc(F)cc2)sc1C(=O)N1CCCC(c2nc3ccccc3[nH]2)C1. The third-order valence-corrected chi connectivity index (χ3v) is 6.95. The minimum atomic E-state index is -0.251. The van der Waals surface area contributed by atoms with Crippen LogP contribution in [0.1, 0.15) is 50.5 Å². The maximum atomic E-state index is 13.3. The molecule has 5 nitrogen and oxygen atoms in total. The number of imidazole rings is 1. The number of benzene rings is 2. The number of H-pyrrole nitrogens is 1. The third-order valence-electron chi connectivity index (χ3n) is 5.81. The van der Waals surface area contributed by atoms with Gasteiger partial charge in [0.2, 0.25) is 0 Å². The van der Waals surface area contributed by atoms with Crippen LogP contribution in [0.3, 0.4) is 0 Å². The average Bonchev–Trinajstić information content (AvgIpc) is 3.38. The van der Waals surface area contributed by atoms with E-state index in [1.165, 1.54) is 23.5 Å². The average molecular weight is 435 g/mol. The van der Waals surface area contributed by atoms with E-state index < -0.39 is 0 Å². The summed E-state index contributed by atoms with van der Waals surface area (Å²) in [4.78, 5) is 28.7. The number of halogens is 1. The van der Waals surface area contributed by atoms with E-state index in [9.17, 15) is 9.18 Å². The molecule has 2 aromatic carbocycles. The Morgan fingerprint density at radius 1 is 1.19 bits per heavy atom. The van der Waals surface area contributed by atoms with Gasteiger partial charge in [-0.15, -0.1) is 11.3 Å². The van der Waals surface area contributed by atoms with Gasteiger partial charge in [-0.3, -0.25) is 4.79 Å². The van der Waals surface area contributed by atoms with Gasteiger partial charge in [0.15, 0.2) is 0 Å². The lowest BCUT2D eigenvalue weighted by Gasteiger charge is -2.31. The number of likely N-dealkylation sites (tertiary alicyclic amines) is 1. The zero-order valence-corrected chi connectivity index (χ0v) is 18.1. The molecule has 0 spiro atoms. The van der Waals surface area contributed by atoms with E-state index in [0.717, 1.165) is 52.5 Å². The first-order valence-electron chi connectivity index (χ1n) is 10.5. The lowest BCUT2D eigenvalue weighted by molar-refractivity contribution is 0.0709. The van der Waals surface area contributed by atoms with E-state index >= 15 is 0 Å². The lowest BCUT2D eigenvalue weighted by Crippen LogP contribution is -2.39. The van der Waals surface area contributed by atoms with Gasteiger partial charge in [-0.1, -0.05) is 24.3 Å². The summed E-state index contributed by atoms with van der Waals surface area (Å²) in [6.07, 6.45) is 2.56. The number of para-hydroxylation sites is 2. The van der Waals surface area contributed by atoms with Gasteiger partial charge < -0.3 is 9.88 Å². The zero-order chi connectivity index (χ0) is 21.4. The van der Waals surface area contributed by atoms with Crippen LogP contribution in [0.25, 0.3) is 11.0 Å². The summed E-state index contributed by atoms with van der Waals surface area (Å²) >= 11 is 1.44.